The van der Waals surface area contributed by atoms with Crippen LogP contribution >= 0.6 is 23.2 Å². The van der Waals surface area contributed by atoms with E-state index in [2.05, 4.69) is 5.32 Å². The number of nitrogens with one attached hydrogen (secondary N) is 1. The van der Waals surface area contributed by atoms with Crippen LogP contribution in [0.25, 0.3) is 0 Å². The second-order valence-electron chi connectivity index (χ2n) is 11.4. The van der Waals surface area contributed by atoms with Crippen LogP contribution in [0.15, 0.2) is 66.7 Å². The minimum atomic E-state index is -0.711. The number of likely N-dealkylation sites (tertiary alicyclic amines) is 1. The van der Waals surface area contributed by atoms with Crippen molar-refractivity contribution >= 4 is 35.0 Å². The lowest BCUT2D eigenvalue weighted by molar-refractivity contribution is -0.125. The van der Waals surface area contributed by atoms with Gasteiger partial charge in [-0.2, -0.15) is 0 Å². The number of carbonyl (C=O) groups is 2. The van der Waals surface area contributed by atoms with Gasteiger partial charge in [0.25, 0.3) is 5.91 Å². The van der Waals surface area contributed by atoms with Gasteiger partial charge >= 0.3 is 0 Å². The first-order valence-electron chi connectivity index (χ1n) is 14.3. The van der Waals surface area contributed by atoms with Crippen molar-refractivity contribution in [2.24, 2.45) is 5.73 Å². The average molecular weight is 611 g/mol. The first-order valence-corrected chi connectivity index (χ1v) is 15.0. The number of hydrogen-bond acceptors (Lipinski definition) is 5. The maximum Gasteiger partial charge on any atom is 0.254 e. The summed E-state index contributed by atoms with van der Waals surface area (Å²) in [6.45, 7) is 1.81. The Labute approximate surface area is 257 Å². The van der Waals surface area contributed by atoms with Gasteiger partial charge in [-0.15, -0.1) is 0 Å². The van der Waals surface area contributed by atoms with E-state index in [0.29, 0.717) is 59.6 Å². The number of carbonyl (C=O) groups excluding carboxylic acids is 2. The van der Waals surface area contributed by atoms with E-state index in [9.17, 15) is 9.59 Å². The van der Waals surface area contributed by atoms with Gasteiger partial charge in [-0.05, 0) is 74.0 Å². The Morgan fingerprint density at radius 1 is 0.952 bits per heavy atom. The fourth-order valence-corrected chi connectivity index (χ4v) is 6.99. The number of primary amides is 1. The number of nitrogens with two attached hydrogens (primary N) is 1. The minimum absolute atomic E-state index is 0.0817. The molecule has 3 aromatic rings. The topological polar surface area (TPSA) is 93.9 Å². The van der Waals surface area contributed by atoms with Crippen LogP contribution in [0, 0.1) is 0 Å². The molecule has 2 aliphatic rings. The fourth-order valence-electron chi connectivity index (χ4n) is 6.69. The van der Waals surface area contributed by atoms with Crippen molar-refractivity contribution in [3.05, 3.63) is 93.5 Å². The summed E-state index contributed by atoms with van der Waals surface area (Å²) in [5.41, 5.74) is 7.54. The molecular weight excluding hydrogens is 573 g/mol. The van der Waals surface area contributed by atoms with E-state index in [0.717, 1.165) is 30.4 Å². The molecule has 0 saturated carbocycles. The molecule has 2 aliphatic heterocycles. The van der Waals surface area contributed by atoms with Gasteiger partial charge in [-0.1, -0.05) is 59.6 Å². The molecule has 42 heavy (non-hydrogen) atoms. The quantitative estimate of drug-likeness (QED) is 0.322. The van der Waals surface area contributed by atoms with E-state index < -0.39 is 5.41 Å². The summed E-state index contributed by atoms with van der Waals surface area (Å²) < 4.78 is 10.8. The smallest absolute Gasteiger partial charge is 0.254 e. The normalized spacial score (nSPS) is 23.9. The van der Waals surface area contributed by atoms with E-state index >= 15 is 0 Å². The van der Waals surface area contributed by atoms with Crippen LogP contribution in [0.4, 0.5) is 0 Å². The summed E-state index contributed by atoms with van der Waals surface area (Å²) in [7, 11) is 3.14. The molecule has 9 heteroatoms. The van der Waals surface area contributed by atoms with Crippen molar-refractivity contribution in [1.82, 2.24) is 10.2 Å². The molecule has 3 N–H and O–H groups in total. The van der Waals surface area contributed by atoms with Gasteiger partial charge in [-0.3, -0.25) is 9.59 Å². The third kappa shape index (κ3) is 5.96. The minimum Gasteiger partial charge on any atom is -0.497 e. The van der Waals surface area contributed by atoms with Gasteiger partial charge in [0.2, 0.25) is 5.91 Å². The molecule has 3 atom stereocenters. The van der Waals surface area contributed by atoms with Crippen LogP contribution < -0.4 is 20.5 Å². The number of halogens is 2. The summed E-state index contributed by atoms with van der Waals surface area (Å²) in [6.07, 6.45) is 3.64. The van der Waals surface area contributed by atoms with E-state index in [4.69, 9.17) is 38.4 Å². The molecule has 0 aliphatic carbocycles. The molecule has 222 valence electrons. The zero-order valence-corrected chi connectivity index (χ0v) is 25.5. The summed E-state index contributed by atoms with van der Waals surface area (Å²) in [4.78, 5) is 28.5. The maximum atomic E-state index is 13.8. The summed E-state index contributed by atoms with van der Waals surface area (Å²) in [5, 5.41) is 4.62. The van der Waals surface area contributed by atoms with Crippen LogP contribution in [-0.4, -0.2) is 56.6 Å². The molecule has 3 aromatic carbocycles. The first kappa shape index (κ1) is 30.2. The monoisotopic (exact) mass is 609 g/mol. The second-order valence-corrected chi connectivity index (χ2v) is 12.3. The summed E-state index contributed by atoms with van der Waals surface area (Å²) >= 11 is 12.8. The molecule has 2 fully saturated rings. The van der Waals surface area contributed by atoms with Crippen molar-refractivity contribution in [2.75, 3.05) is 33.9 Å². The molecule has 2 amide bonds. The standard InChI is InChI=1S/C33H37Cl2N3O4/c1-41-26-16-22(17-27(19-26)42-2)30(39)38-15-13-32(21-38,24-8-9-28(34)29(35)18-24)11-10-25-20-33(31(36)40,12-14-37-25)23-6-4-3-5-7-23/h3-9,16-19,25,37H,10-15,20-21H2,1-2H3,(H2,36,40). The van der Waals surface area contributed by atoms with Gasteiger partial charge in [0.15, 0.2) is 0 Å². The van der Waals surface area contributed by atoms with Gasteiger partial charge in [-0.25, -0.2) is 0 Å². The molecule has 0 aromatic heterocycles. The van der Waals surface area contributed by atoms with Crippen molar-refractivity contribution in [3.63, 3.8) is 0 Å². The number of nitrogens with zero attached hydrogens (tertiary/aromatic N) is 1. The van der Waals surface area contributed by atoms with E-state index in [1.807, 2.05) is 53.4 Å². The lowest BCUT2D eigenvalue weighted by atomic mass is 9.68. The highest BCUT2D eigenvalue weighted by atomic mass is 35.5. The number of ether oxygens (including phenoxy) is 2. The highest BCUT2D eigenvalue weighted by Crippen LogP contribution is 2.43. The first-order chi connectivity index (χ1) is 20.2. The molecule has 5 rings (SSSR count). The molecule has 0 spiro atoms. The van der Waals surface area contributed by atoms with Crippen molar-refractivity contribution < 1.29 is 19.1 Å². The van der Waals surface area contributed by atoms with Crippen molar-refractivity contribution in [1.29, 1.82) is 0 Å². The average Bonchev–Trinajstić information content (AvgIpc) is 3.46. The van der Waals surface area contributed by atoms with Gasteiger partial charge in [0, 0.05) is 36.2 Å². The van der Waals surface area contributed by atoms with E-state index in [1.54, 1.807) is 32.4 Å². The third-order valence-electron chi connectivity index (χ3n) is 9.12. The van der Waals surface area contributed by atoms with Crippen LogP contribution in [0.2, 0.25) is 10.0 Å². The Kier molecular flexibility index (Phi) is 9.02. The van der Waals surface area contributed by atoms with Crippen LogP contribution in [0.3, 0.4) is 0 Å². The zero-order valence-electron chi connectivity index (χ0n) is 24.0. The third-order valence-corrected chi connectivity index (χ3v) is 9.86. The molecule has 2 saturated heterocycles. The Morgan fingerprint density at radius 2 is 1.67 bits per heavy atom. The van der Waals surface area contributed by atoms with Crippen LogP contribution in [0.5, 0.6) is 11.5 Å². The number of piperidine rings is 1. The van der Waals surface area contributed by atoms with E-state index in [-0.39, 0.29) is 23.3 Å². The lowest BCUT2D eigenvalue weighted by Gasteiger charge is -2.41. The van der Waals surface area contributed by atoms with Gasteiger partial charge in [0.1, 0.15) is 11.5 Å². The van der Waals surface area contributed by atoms with Crippen LogP contribution in [-0.2, 0) is 15.6 Å². The maximum absolute atomic E-state index is 13.8. The molecule has 2 heterocycles. The Hall–Kier alpha value is -3.26. The second kappa shape index (κ2) is 12.5. The highest BCUT2D eigenvalue weighted by molar-refractivity contribution is 6.42. The number of hydrogen-bond donors (Lipinski definition) is 2. The number of benzene rings is 3. The number of amides is 2. The number of rotatable bonds is 9. The SMILES string of the molecule is COc1cc(OC)cc(C(=O)N2CCC(CCC3CC(C(N)=O)(c4ccccc4)CCN3)(c3ccc(Cl)c(Cl)c3)C2)c1. The number of methoxy groups -OCH3 is 2. The Balaban J connectivity index is 1.41. The van der Waals surface area contributed by atoms with Crippen molar-refractivity contribution in [3.8, 4) is 11.5 Å². The predicted molar refractivity (Wildman–Crippen MR) is 166 cm³/mol. The van der Waals surface area contributed by atoms with Crippen molar-refractivity contribution in [2.45, 2.75) is 49.0 Å². The van der Waals surface area contributed by atoms with Gasteiger partial charge < -0.3 is 25.4 Å². The lowest BCUT2D eigenvalue weighted by Crippen LogP contribution is -2.53. The molecule has 3 unspecified atom stereocenters. The van der Waals surface area contributed by atoms with Crippen LogP contribution in [0.1, 0.15) is 53.6 Å². The Morgan fingerprint density at radius 3 is 2.31 bits per heavy atom. The molecule has 0 bridgehead atoms. The van der Waals surface area contributed by atoms with E-state index in [1.165, 1.54) is 0 Å². The zero-order chi connectivity index (χ0) is 29.9. The summed E-state index contributed by atoms with van der Waals surface area (Å²) in [6, 6.07) is 20.9. The highest BCUT2D eigenvalue weighted by Gasteiger charge is 2.45. The largest absolute Gasteiger partial charge is 0.497 e. The molecule has 7 nitrogen and oxygen atoms in total. The molecule has 0 radical (unpaired) electrons. The fraction of sp³-hybridized carbons (Fsp3) is 0.394. The summed E-state index contributed by atoms with van der Waals surface area (Å²) in [5.74, 6) is 0.757. The molecular formula is C33H37Cl2N3O4. The predicted octanol–water partition coefficient (Wildman–Crippen LogP) is 5.75. The Bertz CT molecular complexity index is 1430. The van der Waals surface area contributed by atoms with Gasteiger partial charge in [0.05, 0.1) is 29.7 Å².